The summed E-state index contributed by atoms with van der Waals surface area (Å²) in [6, 6.07) is 2.85. The monoisotopic (exact) mass is 407 g/mol. The largest absolute Gasteiger partial charge is 0.445 e. The highest BCUT2D eigenvalue weighted by Crippen LogP contribution is 2.48. The lowest BCUT2D eigenvalue weighted by molar-refractivity contribution is -0.239. The number of hydrogen-bond donors (Lipinski definition) is 1. The summed E-state index contributed by atoms with van der Waals surface area (Å²) in [5.74, 6) is 3.30. The second-order valence-corrected chi connectivity index (χ2v) is 6.77. The van der Waals surface area contributed by atoms with Crippen LogP contribution in [0.1, 0.15) is 24.0 Å². The molecule has 0 bridgehead atoms. The van der Waals surface area contributed by atoms with Crippen molar-refractivity contribution in [1.82, 2.24) is 9.55 Å². The van der Waals surface area contributed by atoms with Crippen LogP contribution in [-0.4, -0.2) is 21.8 Å². The molecule has 29 heavy (non-hydrogen) atoms. The SMILES string of the molecule is O=C1Nc2cc(Cn3cnccc3=O)c(F)cc2[C@](C#CC2CC2)(C(F)(F)F)O1. The highest BCUT2D eigenvalue weighted by atomic mass is 19.4. The molecule has 4 rings (SSSR count). The van der Waals surface area contributed by atoms with Crippen LogP contribution in [-0.2, 0) is 16.9 Å². The summed E-state index contributed by atoms with van der Waals surface area (Å²) >= 11 is 0. The van der Waals surface area contributed by atoms with Gasteiger partial charge in [0.05, 0.1) is 18.6 Å². The summed E-state index contributed by atoms with van der Waals surface area (Å²) in [7, 11) is 0. The minimum atomic E-state index is -5.09. The summed E-state index contributed by atoms with van der Waals surface area (Å²) in [6.07, 6.45) is -2.69. The highest BCUT2D eigenvalue weighted by molar-refractivity contribution is 5.90. The number of benzene rings is 1. The van der Waals surface area contributed by atoms with Crippen molar-refractivity contribution < 1.29 is 27.1 Å². The minimum absolute atomic E-state index is 0.104. The fourth-order valence-corrected chi connectivity index (χ4v) is 2.95. The second-order valence-electron chi connectivity index (χ2n) is 6.77. The van der Waals surface area contributed by atoms with Crippen LogP contribution in [0.25, 0.3) is 0 Å². The maximum Gasteiger partial charge on any atom is 0.445 e. The van der Waals surface area contributed by atoms with Gasteiger partial charge >= 0.3 is 12.3 Å². The van der Waals surface area contributed by atoms with Crippen LogP contribution in [0.4, 0.5) is 28.0 Å². The number of amides is 1. The number of rotatable bonds is 2. The first-order valence-electron chi connectivity index (χ1n) is 8.62. The summed E-state index contributed by atoms with van der Waals surface area (Å²) in [5.41, 5.74) is -4.76. The number of nitrogens with one attached hydrogen (secondary N) is 1. The third-order valence-corrected chi connectivity index (χ3v) is 4.61. The highest BCUT2D eigenvalue weighted by Gasteiger charge is 2.62. The van der Waals surface area contributed by atoms with E-state index in [2.05, 4.69) is 21.0 Å². The van der Waals surface area contributed by atoms with Gasteiger partial charge in [-0.25, -0.2) is 14.2 Å². The maximum absolute atomic E-state index is 14.7. The molecule has 1 atom stereocenters. The fraction of sp³-hybridized carbons (Fsp3) is 0.316. The molecule has 6 nitrogen and oxygen atoms in total. The number of carbonyl (C=O) groups is 1. The van der Waals surface area contributed by atoms with Gasteiger partial charge in [-0.1, -0.05) is 5.92 Å². The minimum Gasteiger partial charge on any atom is -0.415 e. The van der Waals surface area contributed by atoms with Gasteiger partial charge in [0.2, 0.25) is 0 Å². The topological polar surface area (TPSA) is 73.2 Å². The van der Waals surface area contributed by atoms with Crippen LogP contribution >= 0.6 is 0 Å². The van der Waals surface area contributed by atoms with Crippen molar-refractivity contribution >= 4 is 11.8 Å². The quantitative estimate of drug-likeness (QED) is 0.613. The van der Waals surface area contributed by atoms with Gasteiger partial charge in [-0.05, 0) is 30.9 Å². The second kappa shape index (κ2) is 6.62. The number of aromatic nitrogens is 2. The summed E-state index contributed by atoms with van der Waals surface area (Å²) < 4.78 is 62.3. The molecule has 1 fully saturated rings. The number of alkyl halides is 3. The van der Waals surface area contributed by atoms with E-state index in [1.54, 1.807) is 0 Å². The van der Waals surface area contributed by atoms with Crippen LogP contribution in [0.2, 0.25) is 0 Å². The molecule has 150 valence electrons. The van der Waals surface area contributed by atoms with Gasteiger partial charge in [0.15, 0.2) is 0 Å². The molecule has 1 aliphatic heterocycles. The number of hydrogen-bond acceptors (Lipinski definition) is 4. The molecule has 2 heterocycles. The van der Waals surface area contributed by atoms with Gasteiger partial charge in [0.25, 0.3) is 11.2 Å². The Bertz CT molecular complexity index is 1110. The molecule has 1 aromatic heterocycles. The molecule has 1 N–H and O–H groups in total. The van der Waals surface area contributed by atoms with Gasteiger partial charge in [-0.3, -0.25) is 14.7 Å². The Balaban J connectivity index is 1.84. The lowest BCUT2D eigenvalue weighted by Crippen LogP contribution is -2.49. The van der Waals surface area contributed by atoms with Crippen molar-refractivity contribution in [1.29, 1.82) is 0 Å². The third-order valence-electron chi connectivity index (χ3n) is 4.61. The van der Waals surface area contributed by atoms with Gasteiger partial charge in [0, 0.05) is 29.3 Å². The van der Waals surface area contributed by atoms with Crippen LogP contribution in [0, 0.1) is 23.6 Å². The first-order chi connectivity index (χ1) is 13.7. The van der Waals surface area contributed by atoms with E-state index >= 15 is 0 Å². The fourth-order valence-electron chi connectivity index (χ4n) is 2.95. The number of cyclic esters (lactones) is 1. The Labute approximate surface area is 161 Å². The zero-order valence-corrected chi connectivity index (χ0v) is 14.7. The molecule has 0 unspecified atom stereocenters. The number of halogens is 4. The van der Waals surface area contributed by atoms with E-state index in [1.165, 1.54) is 12.5 Å². The zero-order valence-electron chi connectivity index (χ0n) is 14.7. The van der Waals surface area contributed by atoms with E-state index in [-0.39, 0.29) is 23.7 Å². The average molecular weight is 407 g/mol. The Morgan fingerprint density at radius 3 is 2.72 bits per heavy atom. The molecule has 1 saturated carbocycles. The number of ether oxygens (including phenoxy) is 1. The van der Waals surface area contributed by atoms with E-state index in [1.807, 2.05) is 5.92 Å². The average Bonchev–Trinajstić information content (AvgIpc) is 3.46. The molecule has 0 spiro atoms. The molecule has 1 aromatic carbocycles. The van der Waals surface area contributed by atoms with Crippen molar-refractivity contribution in [2.45, 2.75) is 31.2 Å². The van der Waals surface area contributed by atoms with E-state index in [9.17, 15) is 27.2 Å². The summed E-state index contributed by atoms with van der Waals surface area (Å²) in [5, 5.41) is 2.16. The summed E-state index contributed by atoms with van der Waals surface area (Å²) in [4.78, 5) is 27.5. The Morgan fingerprint density at radius 1 is 1.31 bits per heavy atom. The maximum atomic E-state index is 14.7. The number of fused-ring (bicyclic) bond motifs is 1. The van der Waals surface area contributed by atoms with Crippen molar-refractivity contribution in [2.24, 2.45) is 5.92 Å². The van der Waals surface area contributed by atoms with E-state index in [0.29, 0.717) is 18.9 Å². The molecular formula is C19H13F4N3O3. The zero-order chi connectivity index (χ0) is 20.8. The number of nitrogens with zero attached hydrogens (tertiary/aromatic N) is 2. The third kappa shape index (κ3) is 3.44. The molecule has 10 heteroatoms. The number of anilines is 1. The van der Waals surface area contributed by atoms with Crippen LogP contribution in [0.15, 0.2) is 35.5 Å². The molecule has 0 saturated heterocycles. The standard InChI is InChI=1S/C19H13F4N3O3/c20-14-8-13-15(7-12(14)9-26-10-24-6-4-16(26)27)25-17(28)29-18(13,19(21,22)23)5-3-11-1-2-11/h4,6-8,10-11H,1-2,9H2,(H,25,28)/t18-/m1/s1. The predicted octanol–water partition coefficient (Wildman–Crippen LogP) is 3.16. The molecule has 1 amide bonds. The molecule has 1 aliphatic carbocycles. The van der Waals surface area contributed by atoms with Crippen LogP contribution in [0.5, 0.6) is 0 Å². The van der Waals surface area contributed by atoms with Crippen molar-refractivity contribution in [3.8, 4) is 11.8 Å². The van der Waals surface area contributed by atoms with Crippen molar-refractivity contribution in [3.63, 3.8) is 0 Å². The first-order valence-corrected chi connectivity index (χ1v) is 8.62. The Kier molecular flexibility index (Phi) is 4.33. The van der Waals surface area contributed by atoms with Gasteiger partial charge in [-0.15, -0.1) is 0 Å². The predicted molar refractivity (Wildman–Crippen MR) is 92.3 cm³/mol. The smallest absolute Gasteiger partial charge is 0.415 e. The van der Waals surface area contributed by atoms with Crippen LogP contribution in [0.3, 0.4) is 0 Å². The van der Waals surface area contributed by atoms with Gasteiger partial charge < -0.3 is 4.74 Å². The summed E-state index contributed by atoms with van der Waals surface area (Å²) in [6.45, 7) is -0.282. The first kappa shape index (κ1) is 19.0. The Morgan fingerprint density at radius 2 is 2.07 bits per heavy atom. The normalized spacial score (nSPS) is 20.8. The molecule has 0 radical (unpaired) electrons. The van der Waals surface area contributed by atoms with Gasteiger partial charge in [0.1, 0.15) is 5.82 Å². The lowest BCUT2D eigenvalue weighted by atomic mass is 9.89. The van der Waals surface area contributed by atoms with Crippen molar-refractivity contribution in [3.05, 3.63) is 58.0 Å². The lowest BCUT2D eigenvalue weighted by Gasteiger charge is -2.36. The van der Waals surface area contributed by atoms with E-state index < -0.39 is 34.8 Å². The molecule has 2 aromatic rings. The molecule has 2 aliphatic rings. The Hall–Kier alpha value is -3.35. The van der Waals surface area contributed by atoms with Crippen LogP contribution < -0.4 is 10.9 Å². The van der Waals surface area contributed by atoms with Gasteiger partial charge in [-0.2, -0.15) is 13.2 Å². The van der Waals surface area contributed by atoms with E-state index in [0.717, 1.165) is 16.7 Å². The number of carbonyl (C=O) groups excluding carboxylic acids is 1. The van der Waals surface area contributed by atoms with E-state index in [4.69, 9.17) is 0 Å². The van der Waals surface area contributed by atoms with Crippen molar-refractivity contribution in [2.75, 3.05) is 5.32 Å². The molecular weight excluding hydrogens is 394 g/mol.